The van der Waals surface area contributed by atoms with E-state index in [2.05, 4.69) is 0 Å². The lowest BCUT2D eigenvalue weighted by molar-refractivity contribution is -0.156. The van der Waals surface area contributed by atoms with E-state index >= 15 is 0 Å². The van der Waals surface area contributed by atoms with Gasteiger partial charge in [-0.15, -0.1) is 23.2 Å². The van der Waals surface area contributed by atoms with E-state index < -0.39 is 32.3 Å². The molecule has 7 nitrogen and oxygen atoms in total. The summed E-state index contributed by atoms with van der Waals surface area (Å²) < 4.78 is 31.4. The van der Waals surface area contributed by atoms with Crippen molar-refractivity contribution in [3.63, 3.8) is 0 Å². The highest BCUT2D eigenvalue weighted by atomic mass is 35.5. The number of ether oxygens (including phenoxy) is 1. The van der Waals surface area contributed by atoms with E-state index in [-0.39, 0.29) is 43.4 Å². The van der Waals surface area contributed by atoms with Gasteiger partial charge in [0, 0.05) is 32.6 Å². The Balaban J connectivity index is 1.34. The first-order valence-electron chi connectivity index (χ1n) is 9.86. The third kappa shape index (κ3) is 4.14. The summed E-state index contributed by atoms with van der Waals surface area (Å²) in [5, 5.41) is 1.81. The maximum absolute atomic E-state index is 13.0. The van der Waals surface area contributed by atoms with E-state index in [1.165, 1.54) is 9.21 Å². The molecule has 0 N–H and O–H groups in total. The molecule has 1 atom stereocenters. The third-order valence-electron chi connectivity index (χ3n) is 5.99. The molecule has 4 rings (SSSR count). The van der Waals surface area contributed by atoms with Gasteiger partial charge in [-0.2, -0.15) is 4.31 Å². The van der Waals surface area contributed by atoms with Crippen molar-refractivity contribution in [2.45, 2.75) is 22.6 Å². The number of amides is 1. The van der Waals surface area contributed by atoms with Crippen LogP contribution in [0.1, 0.15) is 13.3 Å². The topological polar surface area (TPSA) is 84.0 Å². The summed E-state index contributed by atoms with van der Waals surface area (Å²) in [5.74, 6) is -0.988. The maximum atomic E-state index is 13.0. The molecule has 166 valence electrons. The second-order valence-corrected chi connectivity index (χ2v) is 11.5. The Labute approximate surface area is 190 Å². The minimum Gasteiger partial charge on any atom is -0.455 e. The molecule has 1 saturated carbocycles. The number of rotatable bonds is 5. The average molecular weight is 485 g/mol. The first-order chi connectivity index (χ1) is 14.5. The number of carbonyl (C=O) groups is 2. The van der Waals surface area contributed by atoms with Crippen LogP contribution in [-0.4, -0.2) is 66.6 Å². The van der Waals surface area contributed by atoms with Crippen LogP contribution in [0.4, 0.5) is 0 Å². The number of hydrogen-bond donors (Lipinski definition) is 0. The number of hydrogen-bond acceptors (Lipinski definition) is 5. The molecule has 2 aliphatic rings. The SMILES string of the molecule is CC1(C(=O)OCC(=O)N2CCN(S(=O)(=O)c3ccc4ccccc4c3)CC2)CC1(Cl)Cl. The molecular formula is C21H22Cl2N2O5S. The normalized spacial score (nSPS) is 23.5. The lowest BCUT2D eigenvalue weighted by Gasteiger charge is -2.34. The van der Waals surface area contributed by atoms with Crippen molar-refractivity contribution >= 4 is 55.9 Å². The number of fused-ring (bicyclic) bond motifs is 1. The molecule has 0 radical (unpaired) electrons. The second kappa shape index (κ2) is 7.92. The van der Waals surface area contributed by atoms with Crippen molar-refractivity contribution in [2.24, 2.45) is 5.41 Å². The number of carbonyl (C=O) groups excluding carboxylic acids is 2. The quantitative estimate of drug-likeness (QED) is 0.481. The van der Waals surface area contributed by atoms with Crippen molar-refractivity contribution in [3.8, 4) is 0 Å². The zero-order valence-corrected chi connectivity index (χ0v) is 19.2. The maximum Gasteiger partial charge on any atom is 0.315 e. The molecule has 0 aromatic heterocycles. The number of esters is 1. The number of alkyl halides is 2. The van der Waals surface area contributed by atoms with Gasteiger partial charge < -0.3 is 9.64 Å². The first-order valence-corrected chi connectivity index (χ1v) is 12.1. The van der Waals surface area contributed by atoms with Crippen LogP contribution in [0.2, 0.25) is 0 Å². The van der Waals surface area contributed by atoms with Crippen molar-refractivity contribution in [3.05, 3.63) is 42.5 Å². The molecule has 0 spiro atoms. The standard InChI is InChI=1S/C21H22Cl2N2O5S/c1-20(14-21(20,22)23)19(27)30-13-18(26)24-8-10-25(11-9-24)31(28,29)17-7-6-15-4-2-3-5-16(15)12-17/h2-7,12H,8-11,13-14H2,1H3. The number of piperazine rings is 1. The Hall–Kier alpha value is -1.87. The Morgan fingerprint density at radius 1 is 1.03 bits per heavy atom. The highest BCUT2D eigenvalue weighted by Gasteiger charge is 2.69. The fraction of sp³-hybridized carbons (Fsp3) is 0.429. The van der Waals surface area contributed by atoms with E-state index in [1.54, 1.807) is 25.1 Å². The molecule has 1 unspecified atom stereocenters. The highest BCUT2D eigenvalue weighted by molar-refractivity contribution is 7.89. The Morgan fingerprint density at radius 3 is 2.26 bits per heavy atom. The first kappa shape index (κ1) is 22.3. The van der Waals surface area contributed by atoms with Gasteiger partial charge in [-0.25, -0.2) is 8.42 Å². The van der Waals surface area contributed by atoms with E-state index in [4.69, 9.17) is 27.9 Å². The molecule has 2 fully saturated rings. The van der Waals surface area contributed by atoms with Crippen LogP contribution in [0.5, 0.6) is 0 Å². The Kier molecular flexibility index (Phi) is 5.70. The van der Waals surface area contributed by atoms with Crippen LogP contribution in [0.25, 0.3) is 10.8 Å². The molecule has 1 heterocycles. The molecule has 10 heteroatoms. The molecule has 1 saturated heterocycles. The van der Waals surface area contributed by atoms with Gasteiger partial charge in [0.05, 0.1) is 4.90 Å². The molecule has 2 aromatic carbocycles. The average Bonchev–Trinajstić information content (AvgIpc) is 3.30. The molecule has 2 aromatic rings. The van der Waals surface area contributed by atoms with Crippen LogP contribution < -0.4 is 0 Å². The second-order valence-electron chi connectivity index (χ2n) is 8.08. The van der Waals surface area contributed by atoms with Crippen LogP contribution >= 0.6 is 23.2 Å². The van der Waals surface area contributed by atoms with E-state index in [0.29, 0.717) is 0 Å². The molecule has 31 heavy (non-hydrogen) atoms. The lowest BCUT2D eigenvalue weighted by Crippen LogP contribution is -2.51. The number of benzene rings is 2. The van der Waals surface area contributed by atoms with Gasteiger partial charge in [0.1, 0.15) is 9.75 Å². The molecule has 1 aliphatic heterocycles. The van der Waals surface area contributed by atoms with Crippen molar-refractivity contribution in [1.29, 1.82) is 0 Å². The van der Waals surface area contributed by atoms with E-state index in [1.807, 2.05) is 24.3 Å². The summed E-state index contributed by atoms with van der Waals surface area (Å²) in [6, 6.07) is 12.6. The van der Waals surface area contributed by atoms with Crippen molar-refractivity contribution in [1.82, 2.24) is 9.21 Å². The van der Waals surface area contributed by atoms with Gasteiger partial charge in [0.25, 0.3) is 5.91 Å². The molecule has 0 bridgehead atoms. The molecule has 1 amide bonds. The van der Waals surface area contributed by atoms with Gasteiger partial charge in [-0.3, -0.25) is 9.59 Å². The van der Waals surface area contributed by atoms with Gasteiger partial charge in [0.2, 0.25) is 10.0 Å². The predicted molar refractivity (Wildman–Crippen MR) is 117 cm³/mol. The summed E-state index contributed by atoms with van der Waals surface area (Å²) in [7, 11) is -3.67. The number of nitrogens with zero attached hydrogens (tertiary/aromatic N) is 2. The summed E-state index contributed by atoms with van der Waals surface area (Å²) in [5.41, 5.74) is -0.997. The monoisotopic (exact) mass is 484 g/mol. The summed E-state index contributed by atoms with van der Waals surface area (Å²) in [6.07, 6.45) is 0.279. The van der Waals surface area contributed by atoms with Crippen LogP contribution in [0.15, 0.2) is 47.4 Å². The van der Waals surface area contributed by atoms with Gasteiger partial charge >= 0.3 is 5.97 Å². The minimum atomic E-state index is -3.67. The number of sulfonamides is 1. The van der Waals surface area contributed by atoms with E-state index in [9.17, 15) is 18.0 Å². The van der Waals surface area contributed by atoms with Gasteiger partial charge in [-0.05, 0) is 29.8 Å². The predicted octanol–water partition coefficient (Wildman–Crippen LogP) is 2.80. The lowest BCUT2D eigenvalue weighted by atomic mass is 10.1. The highest BCUT2D eigenvalue weighted by Crippen LogP contribution is 2.64. The summed E-state index contributed by atoms with van der Waals surface area (Å²) in [4.78, 5) is 26.2. The fourth-order valence-electron chi connectivity index (χ4n) is 3.65. The minimum absolute atomic E-state index is 0.166. The summed E-state index contributed by atoms with van der Waals surface area (Å²) in [6.45, 7) is 1.94. The third-order valence-corrected chi connectivity index (χ3v) is 8.98. The molecule has 1 aliphatic carbocycles. The van der Waals surface area contributed by atoms with Crippen LogP contribution in [0.3, 0.4) is 0 Å². The fourth-order valence-corrected chi connectivity index (χ4v) is 5.80. The smallest absolute Gasteiger partial charge is 0.315 e. The van der Waals surface area contributed by atoms with Crippen LogP contribution in [-0.2, 0) is 24.3 Å². The largest absolute Gasteiger partial charge is 0.455 e. The summed E-state index contributed by atoms with van der Waals surface area (Å²) >= 11 is 11.9. The van der Waals surface area contributed by atoms with Gasteiger partial charge in [-0.1, -0.05) is 30.3 Å². The molecular weight excluding hydrogens is 463 g/mol. The van der Waals surface area contributed by atoms with Crippen molar-refractivity contribution < 1.29 is 22.7 Å². The zero-order valence-electron chi connectivity index (χ0n) is 16.9. The van der Waals surface area contributed by atoms with Crippen LogP contribution in [0, 0.1) is 5.41 Å². The van der Waals surface area contributed by atoms with Gasteiger partial charge in [0.15, 0.2) is 6.61 Å². The zero-order chi connectivity index (χ0) is 22.4. The Bertz CT molecular complexity index is 1150. The Morgan fingerprint density at radius 2 is 1.65 bits per heavy atom. The van der Waals surface area contributed by atoms with E-state index in [0.717, 1.165) is 10.8 Å². The number of halogens is 2. The van der Waals surface area contributed by atoms with Crippen molar-refractivity contribution in [2.75, 3.05) is 32.8 Å².